The number of benzene rings is 1. The third kappa shape index (κ3) is 4.92. The Labute approximate surface area is 132 Å². The fourth-order valence-electron chi connectivity index (χ4n) is 2.96. The Morgan fingerprint density at radius 2 is 1.76 bits per heavy atom. The van der Waals surface area contributed by atoms with Crippen molar-refractivity contribution in [3.63, 3.8) is 0 Å². The van der Waals surface area contributed by atoms with Crippen LogP contribution in [0.3, 0.4) is 0 Å². The Bertz CT molecular complexity index is 471. The van der Waals surface area contributed by atoms with Crippen LogP contribution < -0.4 is 10.1 Å². The molecule has 1 aromatic carbocycles. The van der Waals surface area contributed by atoms with Crippen LogP contribution in [0, 0.1) is 13.8 Å². The normalized spacial score (nSPS) is 16.3. The van der Waals surface area contributed by atoms with Crippen LogP contribution in [0.15, 0.2) is 12.1 Å². The van der Waals surface area contributed by atoms with E-state index in [0.29, 0.717) is 11.1 Å². The maximum atomic E-state index is 12.0. The summed E-state index contributed by atoms with van der Waals surface area (Å²) in [6, 6.07) is 4.02. The van der Waals surface area contributed by atoms with E-state index in [0.717, 1.165) is 29.7 Å². The smallest absolute Gasteiger partial charge is 0.258 e. The summed E-state index contributed by atoms with van der Waals surface area (Å²) in [5, 5.41) is 3.78. The molecule has 0 aromatic heterocycles. The number of ether oxygens (including phenoxy) is 1. The van der Waals surface area contributed by atoms with Crippen LogP contribution in [-0.4, -0.2) is 18.6 Å². The monoisotopic (exact) mass is 309 g/mol. The molecule has 0 heterocycles. The van der Waals surface area contributed by atoms with E-state index in [9.17, 15) is 4.79 Å². The largest absolute Gasteiger partial charge is 0.483 e. The Hall–Kier alpha value is -1.22. The van der Waals surface area contributed by atoms with Crippen molar-refractivity contribution in [3.8, 4) is 5.75 Å². The van der Waals surface area contributed by atoms with Gasteiger partial charge in [0.2, 0.25) is 0 Å². The van der Waals surface area contributed by atoms with Crippen LogP contribution in [0.5, 0.6) is 5.75 Å². The Morgan fingerprint density at radius 1 is 1.19 bits per heavy atom. The number of hydrogen-bond donors (Lipinski definition) is 1. The molecule has 1 saturated carbocycles. The van der Waals surface area contributed by atoms with Gasteiger partial charge in [-0.1, -0.05) is 37.3 Å². The van der Waals surface area contributed by atoms with E-state index in [-0.39, 0.29) is 12.5 Å². The first-order chi connectivity index (χ1) is 10.1. The molecular formula is C17H24ClNO2. The summed E-state index contributed by atoms with van der Waals surface area (Å²) in [5.74, 6) is 0.728. The second kappa shape index (κ2) is 7.69. The van der Waals surface area contributed by atoms with Gasteiger partial charge in [0.1, 0.15) is 5.75 Å². The number of hydrogen-bond acceptors (Lipinski definition) is 2. The Kier molecular flexibility index (Phi) is 5.92. The summed E-state index contributed by atoms with van der Waals surface area (Å²) in [5.41, 5.74) is 1.92. The highest BCUT2D eigenvalue weighted by Crippen LogP contribution is 2.27. The van der Waals surface area contributed by atoms with Gasteiger partial charge >= 0.3 is 0 Å². The zero-order valence-corrected chi connectivity index (χ0v) is 13.6. The lowest BCUT2D eigenvalue weighted by Gasteiger charge is -2.17. The number of halogens is 1. The van der Waals surface area contributed by atoms with Crippen LogP contribution in [-0.2, 0) is 4.79 Å². The lowest BCUT2D eigenvalue weighted by atomic mass is 10.1. The third-order valence-electron chi connectivity index (χ3n) is 3.99. The van der Waals surface area contributed by atoms with Crippen molar-refractivity contribution in [1.82, 2.24) is 5.32 Å². The van der Waals surface area contributed by atoms with E-state index >= 15 is 0 Å². The average Bonchev–Trinajstić information content (AvgIpc) is 2.66. The molecule has 0 bridgehead atoms. The molecule has 3 nitrogen and oxygen atoms in total. The average molecular weight is 310 g/mol. The molecule has 0 saturated heterocycles. The van der Waals surface area contributed by atoms with Gasteiger partial charge in [-0.2, -0.15) is 0 Å². The lowest BCUT2D eigenvalue weighted by molar-refractivity contribution is -0.123. The van der Waals surface area contributed by atoms with Gasteiger partial charge in [0.05, 0.1) is 0 Å². The number of nitrogens with one attached hydrogen (secondary N) is 1. The molecule has 0 spiro atoms. The van der Waals surface area contributed by atoms with Gasteiger partial charge in [-0.05, 0) is 49.9 Å². The van der Waals surface area contributed by atoms with Crippen molar-refractivity contribution in [2.45, 2.75) is 58.4 Å². The summed E-state index contributed by atoms with van der Waals surface area (Å²) < 4.78 is 5.69. The number of rotatable bonds is 4. The first-order valence-corrected chi connectivity index (χ1v) is 8.13. The molecule has 0 atom stereocenters. The quantitative estimate of drug-likeness (QED) is 0.848. The molecule has 0 radical (unpaired) electrons. The van der Waals surface area contributed by atoms with Gasteiger partial charge in [0.25, 0.3) is 5.91 Å². The van der Waals surface area contributed by atoms with Crippen LogP contribution in [0.4, 0.5) is 0 Å². The van der Waals surface area contributed by atoms with Crippen molar-refractivity contribution >= 4 is 17.5 Å². The lowest BCUT2D eigenvalue weighted by Crippen LogP contribution is -2.37. The van der Waals surface area contributed by atoms with Crippen LogP contribution in [0.1, 0.15) is 49.7 Å². The molecule has 0 unspecified atom stereocenters. The molecule has 1 aliphatic rings. The molecule has 21 heavy (non-hydrogen) atoms. The van der Waals surface area contributed by atoms with Gasteiger partial charge in [0, 0.05) is 11.1 Å². The summed E-state index contributed by atoms with van der Waals surface area (Å²) in [7, 11) is 0. The van der Waals surface area contributed by atoms with Gasteiger partial charge in [-0.3, -0.25) is 4.79 Å². The minimum atomic E-state index is -0.0318. The highest BCUT2D eigenvalue weighted by molar-refractivity contribution is 6.30. The molecule has 1 N–H and O–H groups in total. The predicted octanol–water partition coefficient (Wildman–Crippen LogP) is 4.17. The van der Waals surface area contributed by atoms with Crippen LogP contribution in [0.2, 0.25) is 5.02 Å². The molecule has 0 aliphatic heterocycles. The molecule has 1 aromatic rings. The number of carbonyl (C=O) groups excluding carboxylic acids is 1. The SMILES string of the molecule is Cc1cc(Cl)cc(C)c1OCC(=O)NC1CCCCCC1. The Balaban J connectivity index is 1.86. The van der Waals surface area contributed by atoms with E-state index in [1.807, 2.05) is 26.0 Å². The second-order valence-electron chi connectivity index (χ2n) is 5.91. The zero-order valence-electron chi connectivity index (χ0n) is 12.9. The number of carbonyl (C=O) groups is 1. The van der Waals surface area contributed by atoms with Gasteiger partial charge < -0.3 is 10.1 Å². The molecule has 1 fully saturated rings. The van der Waals surface area contributed by atoms with Crippen molar-refractivity contribution in [2.24, 2.45) is 0 Å². The summed E-state index contributed by atoms with van der Waals surface area (Å²) in [6.45, 7) is 3.95. The van der Waals surface area contributed by atoms with E-state index in [2.05, 4.69) is 5.32 Å². The number of amides is 1. The van der Waals surface area contributed by atoms with Gasteiger partial charge in [-0.25, -0.2) is 0 Å². The van der Waals surface area contributed by atoms with Crippen LogP contribution in [0.25, 0.3) is 0 Å². The Morgan fingerprint density at radius 3 is 2.33 bits per heavy atom. The van der Waals surface area contributed by atoms with E-state index < -0.39 is 0 Å². The molecule has 116 valence electrons. The molecule has 4 heteroatoms. The minimum absolute atomic E-state index is 0.0318. The molecule has 1 aliphatic carbocycles. The standard InChI is InChI=1S/C17H24ClNO2/c1-12-9-14(18)10-13(2)17(12)21-11-16(20)19-15-7-5-3-4-6-8-15/h9-10,15H,3-8,11H2,1-2H3,(H,19,20). The first-order valence-electron chi connectivity index (χ1n) is 7.75. The minimum Gasteiger partial charge on any atom is -0.483 e. The highest BCUT2D eigenvalue weighted by atomic mass is 35.5. The highest BCUT2D eigenvalue weighted by Gasteiger charge is 2.15. The van der Waals surface area contributed by atoms with Crippen molar-refractivity contribution in [3.05, 3.63) is 28.3 Å². The summed E-state index contributed by atoms with van der Waals surface area (Å²) >= 11 is 5.99. The summed E-state index contributed by atoms with van der Waals surface area (Å²) in [4.78, 5) is 12.0. The van der Waals surface area contributed by atoms with Gasteiger partial charge in [0.15, 0.2) is 6.61 Å². The van der Waals surface area contributed by atoms with Crippen molar-refractivity contribution in [1.29, 1.82) is 0 Å². The maximum Gasteiger partial charge on any atom is 0.258 e. The predicted molar refractivity (Wildman–Crippen MR) is 86.1 cm³/mol. The van der Waals surface area contributed by atoms with E-state index in [1.165, 1.54) is 25.7 Å². The third-order valence-corrected chi connectivity index (χ3v) is 4.21. The fraction of sp³-hybridized carbons (Fsp3) is 0.588. The second-order valence-corrected chi connectivity index (χ2v) is 6.35. The molecule has 2 rings (SSSR count). The van der Waals surface area contributed by atoms with E-state index in [4.69, 9.17) is 16.3 Å². The first kappa shape index (κ1) is 16.2. The van der Waals surface area contributed by atoms with Crippen LogP contribution >= 0.6 is 11.6 Å². The molecular weight excluding hydrogens is 286 g/mol. The van der Waals surface area contributed by atoms with Crippen molar-refractivity contribution < 1.29 is 9.53 Å². The number of aryl methyl sites for hydroxylation is 2. The molecule has 1 amide bonds. The van der Waals surface area contributed by atoms with E-state index in [1.54, 1.807) is 0 Å². The van der Waals surface area contributed by atoms with Crippen molar-refractivity contribution in [2.75, 3.05) is 6.61 Å². The van der Waals surface area contributed by atoms with Gasteiger partial charge in [-0.15, -0.1) is 0 Å². The zero-order chi connectivity index (χ0) is 15.2. The maximum absolute atomic E-state index is 12.0. The topological polar surface area (TPSA) is 38.3 Å². The fourth-order valence-corrected chi connectivity index (χ4v) is 3.28. The summed E-state index contributed by atoms with van der Waals surface area (Å²) in [6.07, 6.45) is 7.16.